The van der Waals surface area contributed by atoms with E-state index in [1.54, 1.807) is 0 Å². The first-order chi connectivity index (χ1) is 6.49. The number of nitrogens with zero attached hydrogens (tertiary/aromatic N) is 1. The predicted molar refractivity (Wildman–Crippen MR) is 48.0 cm³/mol. The van der Waals surface area contributed by atoms with Gasteiger partial charge >= 0.3 is 16.4 Å². The third-order valence-electron chi connectivity index (χ3n) is 2.06. The van der Waals surface area contributed by atoms with Gasteiger partial charge in [-0.25, -0.2) is 4.79 Å². The fourth-order valence-corrected chi connectivity index (χ4v) is 2.53. The van der Waals surface area contributed by atoms with Gasteiger partial charge in [0.25, 0.3) is 0 Å². The third kappa shape index (κ3) is 2.16. The maximum atomic E-state index is 11.1. The van der Waals surface area contributed by atoms with E-state index in [4.69, 9.17) is 5.11 Å². The smallest absolute Gasteiger partial charge is 0.423 e. The lowest BCUT2D eigenvalue weighted by Gasteiger charge is -2.16. The van der Waals surface area contributed by atoms with Crippen LogP contribution in [-0.4, -0.2) is 36.6 Å². The summed E-state index contributed by atoms with van der Waals surface area (Å²) < 4.78 is 27.0. The number of unbranched alkanes of at least 4 members (excludes halogenated alkanes) is 1. The van der Waals surface area contributed by atoms with Crippen LogP contribution in [0.1, 0.15) is 26.2 Å². The minimum Gasteiger partial charge on any atom is -0.464 e. The topological polar surface area (TPSA) is 83.9 Å². The normalized spacial score (nSPS) is 25.2. The molecule has 0 aromatic carbocycles. The monoisotopic (exact) mass is 223 g/mol. The molecule has 0 bridgehead atoms. The molecule has 1 aliphatic heterocycles. The van der Waals surface area contributed by atoms with Gasteiger partial charge in [0.1, 0.15) is 0 Å². The summed E-state index contributed by atoms with van der Waals surface area (Å²) in [4.78, 5) is 10.7. The first-order valence-electron chi connectivity index (χ1n) is 4.40. The van der Waals surface area contributed by atoms with Gasteiger partial charge in [0.05, 0.1) is 12.6 Å². The first kappa shape index (κ1) is 11.3. The molecule has 1 heterocycles. The zero-order valence-electron chi connectivity index (χ0n) is 7.84. The molecule has 1 saturated heterocycles. The van der Waals surface area contributed by atoms with Gasteiger partial charge < -0.3 is 5.11 Å². The quantitative estimate of drug-likeness (QED) is 0.765. The fraction of sp³-hybridized carbons (Fsp3) is 0.857. The lowest BCUT2D eigenvalue weighted by Crippen LogP contribution is -2.38. The molecule has 14 heavy (non-hydrogen) atoms. The van der Waals surface area contributed by atoms with Crippen LogP contribution in [0.3, 0.4) is 0 Å². The van der Waals surface area contributed by atoms with Crippen molar-refractivity contribution in [2.45, 2.75) is 32.2 Å². The highest BCUT2D eigenvalue weighted by Crippen LogP contribution is 2.22. The Morgan fingerprint density at radius 3 is 2.79 bits per heavy atom. The Morgan fingerprint density at radius 1 is 1.64 bits per heavy atom. The largest absolute Gasteiger partial charge is 0.464 e. The van der Waals surface area contributed by atoms with Crippen LogP contribution in [0.25, 0.3) is 0 Å². The number of hydrogen-bond donors (Lipinski definition) is 1. The predicted octanol–water partition coefficient (Wildman–Crippen LogP) is 0.800. The van der Waals surface area contributed by atoms with Gasteiger partial charge in [-0.3, -0.25) is 4.18 Å². The van der Waals surface area contributed by atoms with E-state index in [1.807, 2.05) is 6.92 Å². The molecule has 0 spiro atoms. The average Bonchev–Trinajstić information content (AvgIpc) is 2.37. The summed E-state index contributed by atoms with van der Waals surface area (Å²) in [7, 11) is -4.03. The summed E-state index contributed by atoms with van der Waals surface area (Å²) >= 11 is 0. The van der Waals surface area contributed by atoms with Crippen molar-refractivity contribution in [1.82, 2.24) is 4.31 Å². The Labute approximate surface area is 82.7 Å². The fourth-order valence-electron chi connectivity index (χ4n) is 1.36. The van der Waals surface area contributed by atoms with E-state index in [2.05, 4.69) is 4.18 Å². The molecule has 1 atom stereocenters. The van der Waals surface area contributed by atoms with Gasteiger partial charge in [-0.15, -0.1) is 0 Å². The lowest BCUT2D eigenvalue weighted by atomic mass is 10.1. The highest BCUT2D eigenvalue weighted by atomic mass is 32.2. The van der Waals surface area contributed by atoms with Crippen molar-refractivity contribution in [3.63, 3.8) is 0 Å². The van der Waals surface area contributed by atoms with Gasteiger partial charge in [-0.2, -0.15) is 12.7 Å². The number of rotatable bonds is 3. The Kier molecular flexibility index (Phi) is 3.33. The number of carboxylic acid groups (broad SMARTS) is 1. The van der Waals surface area contributed by atoms with E-state index in [0.29, 0.717) is 10.7 Å². The van der Waals surface area contributed by atoms with Gasteiger partial charge in [-0.1, -0.05) is 19.8 Å². The molecular formula is C7H13NO5S. The van der Waals surface area contributed by atoms with E-state index in [0.717, 1.165) is 12.8 Å². The summed E-state index contributed by atoms with van der Waals surface area (Å²) in [6.45, 7) is 1.89. The molecule has 82 valence electrons. The molecule has 0 aromatic heterocycles. The molecule has 0 aromatic rings. The second-order valence-electron chi connectivity index (χ2n) is 3.12. The second-order valence-corrected chi connectivity index (χ2v) is 4.60. The maximum Gasteiger partial charge on any atom is 0.423 e. The van der Waals surface area contributed by atoms with Crippen LogP contribution in [0.15, 0.2) is 0 Å². The first-order valence-corrected chi connectivity index (χ1v) is 5.77. The molecule has 6 nitrogen and oxygen atoms in total. The van der Waals surface area contributed by atoms with Crippen molar-refractivity contribution in [2.75, 3.05) is 6.61 Å². The Hall–Kier alpha value is -0.820. The maximum absolute atomic E-state index is 11.1. The molecule has 1 N–H and O–H groups in total. The summed E-state index contributed by atoms with van der Waals surface area (Å²) in [5.74, 6) is 0. The van der Waals surface area contributed by atoms with Crippen LogP contribution in [0.4, 0.5) is 4.79 Å². The van der Waals surface area contributed by atoms with Crippen LogP contribution in [-0.2, 0) is 14.5 Å². The van der Waals surface area contributed by atoms with Gasteiger partial charge in [-0.05, 0) is 6.42 Å². The Balaban J connectivity index is 2.74. The second kappa shape index (κ2) is 4.14. The highest BCUT2D eigenvalue weighted by molar-refractivity contribution is 7.85. The van der Waals surface area contributed by atoms with Crippen molar-refractivity contribution < 1.29 is 22.5 Å². The molecule has 0 unspecified atom stereocenters. The van der Waals surface area contributed by atoms with Crippen LogP contribution in [0, 0.1) is 0 Å². The summed E-state index contributed by atoms with van der Waals surface area (Å²) in [5.41, 5.74) is 0. The number of hydrogen-bond acceptors (Lipinski definition) is 4. The Morgan fingerprint density at radius 2 is 2.29 bits per heavy atom. The Bertz CT molecular complexity index is 312. The molecule has 0 aliphatic carbocycles. The summed E-state index contributed by atoms with van der Waals surface area (Å²) in [6, 6.07) is -0.558. The SMILES string of the molecule is CCCC[C@H]1COS(=O)(=O)N1C(=O)O. The van der Waals surface area contributed by atoms with E-state index < -0.39 is 22.4 Å². The molecule has 1 fully saturated rings. The molecule has 1 rings (SSSR count). The van der Waals surface area contributed by atoms with Crippen molar-refractivity contribution in [3.05, 3.63) is 0 Å². The zero-order valence-corrected chi connectivity index (χ0v) is 8.66. The van der Waals surface area contributed by atoms with Gasteiger partial charge in [0, 0.05) is 0 Å². The van der Waals surface area contributed by atoms with Crippen LogP contribution < -0.4 is 0 Å². The highest BCUT2D eigenvalue weighted by Gasteiger charge is 2.41. The summed E-state index contributed by atoms with van der Waals surface area (Å²) in [6.07, 6.45) is 0.725. The molecular weight excluding hydrogens is 210 g/mol. The molecule has 0 saturated carbocycles. The number of amides is 1. The molecule has 1 amide bonds. The molecule has 7 heteroatoms. The van der Waals surface area contributed by atoms with Crippen molar-refractivity contribution in [1.29, 1.82) is 0 Å². The standard InChI is InChI=1S/C7H13NO5S/c1-2-3-4-6-5-13-14(11,12)8(6)7(9)10/h6H,2-5H2,1H3,(H,9,10)/t6-/m0/s1. The minimum atomic E-state index is -4.03. The van der Waals surface area contributed by atoms with Gasteiger partial charge in [0.15, 0.2) is 0 Å². The van der Waals surface area contributed by atoms with Crippen LogP contribution in [0.2, 0.25) is 0 Å². The zero-order chi connectivity index (χ0) is 10.8. The average molecular weight is 223 g/mol. The molecule has 1 aliphatic rings. The van der Waals surface area contributed by atoms with Crippen molar-refractivity contribution >= 4 is 16.4 Å². The van der Waals surface area contributed by atoms with Crippen LogP contribution in [0.5, 0.6) is 0 Å². The lowest BCUT2D eigenvalue weighted by molar-refractivity contribution is 0.162. The van der Waals surface area contributed by atoms with Gasteiger partial charge in [0.2, 0.25) is 0 Å². The third-order valence-corrected chi connectivity index (χ3v) is 3.43. The van der Waals surface area contributed by atoms with Crippen molar-refractivity contribution in [2.24, 2.45) is 0 Å². The van der Waals surface area contributed by atoms with Crippen molar-refractivity contribution in [3.8, 4) is 0 Å². The van der Waals surface area contributed by atoms with E-state index >= 15 is 0 Å². The van der Waals surface area contributed by atoms with E-state index in [1.165, 1.54) is 0 Å². The van der Waals surface area contributed by atoms with Crippen LogP contribution >= 0.6 is 0 Å². The summed E-state index contributed by atoms with van der Waals surface area (Å²) in [5, 5.41) is 8.69. The van der Waals surface area contributed by atoms with E-state index in [9.17, 15) is 13.2 Å². The minimum absolute atomic E-state index is 0.0609. The number of carbonyl (C=O) groups is 1. The van der Waals surface area contributed by atoms with E-state index in [-0.39, 0.29) is 6.61 Å². The molecule has 0 radical (unpaired) electrons.